The lowest BCUT2D eigenvalue weighted by atomic mass is 9.90. The lowest BCUT2D eigenvalue weighted by Crippen LogP contribution is -2.13. The molecule has 0 spiro atoms. The number of ether oxygens (including phenoxy) is 8. The van der Waals surface area contributed by atoms with Crippen LogP contribution in [0, 0.1) is 0 Å². The van der Waals surface area contributed by atoms with Crippen LogP contribution in [-0.2, 0) is 64.5 Å². The zero-order valence-corrected chi connectivity index (χ0v) is 85.1. The summed E-state index contributed by atoms with van der Waals surface area (Å²) in [4.78, 5) is 57.6. The molecule has 4 aromatic heterocycles. The predicted octanol–water partition coefficient (Wildman–Crippen LogP) is 22.8. The number of para-hydroxylation sites is 4. The number of fused-ring (bicyclic) bond motifs is 16. The molecule has 17 rings (SSSR count). The lowest BCUT2D eigenvalue weighted by Gasteiger charge is -2.24. The molecule has 0 aliphatic heterocycles. The average molecular weight is 1960 g/mol. The van der Waals surface area contributed by atoms with E-state index in [9.17, 15) is 0 Å². The van der Waals surface area contributed by atoms with Gasteiger partial charge in [-0.25, -0.2) is 0 Å². The van der Waals surface area contributed by atoms with Crippen molar-refractivity contribution in [2.45, 2.75) is 197 Å². The average Bonchev–Trinajstić information content (AvgIpc) is 0.771. The normalized spacial score (nSPS) is 12.5. The first kappa shape index (κ1) is 101. The molecule has 11 aromatic carbocycles. The highest BCUT2D eigenvalue weighted by molar-refractivity contribution is 5.72. The summed E-state index contributed by atoms with van der Waals surface area (Å²) in [6.07, 6.45) is 9.63. The summed E-state index contributed by atoms with van der Waals surface area (Å²) in [5.41, 5.74) is 48.6. The number of aromatic nitrogens is 12. The second-order valence-electron chi connectivity index (χ2n) is 37.0. The first-order valence-electron chi connectivity index (χ1n) is 51.2. The van der Waals surface area contributed by atoms with E-state index >= 15 is 0 Å². The van der Waals surface area contributed by atoms with Gasteiger partial charge in [0.15, 0.2) is 11.6 Å². The molecule has 754 valence electrons. The van der Waals surface area contributed by atoms with Gasteiger partial charge >= 0.3 is 0 Å². The van der Waals surface area contributed by atoms with Crippen LogP contribution in [0.1, 0.15) is 244 Å². The van der Waals surface area contributed by atoms with Crippen LogP contribution in [0.4, 0.5) is 70.9 Å². The number of anilines is 12. The summed E-state index contributed by atoms with van der Waals surface area (Å²) in [6, 6.07) is 70.7. The summed E-state index contributed by atoms with van der Waals surface area (Å²) in [5.74, 6) is 8.98. The topological polar surface area (TPSA) is 405 Å². The molecule has 30 heteroatoms. The zero-order chi connectivity index (χ0) is 101. The fourth-order valence-corrected chi connectivity index (χ4v) is 18.6. The molecular weight excluding hydrogens is 1830 g/mol. The molecule has 4 heterocycles. The van der Waals surface area contributed by atoms with Crippen molar-refractivity contribution in [3.63, 3.8) is 0 Å². The van der Waals surface area contributed by atoms with Gasteiger partial charge in [-0.15, -0.1) is 0 Å². The maximum Gasteiger partial charge on any atom is 0.233 e. The van der Waals surface area contributed by atoms with Crippen LogP contribution in [0.15, 0.2) is 206 Å². The predicted molar refractivity (Wildman–Crippen MR) is 580 cm³/mol. The van der Waals surface area contributed by atoms with E-state index in [1.54, 1.807) is 0 Å². The number of nitrogens with zero attached hydrogens (tertiary/aromatic N) is 12. The van der Waals surface area contributed by atoms with E-state index in [0.29, 0.717) is 141 Å². The minimum atomic E-state index is -0.119. The Morgan fingerprint density at radius 3 is 0.740 bits per heavy atom. The molecule has 0 radical (unpaired) electrons. The van der Waals surface area contributed by atoms with Gasteiger partial charge in [0.05, 0.1) is 64.9 Å². The van der Waals surface area contributed by atoms with Crippen LogP contribution in [0.3, 0.4) is 0 Å². The van der Waals surface area contributed by atoms with Gasteiger partial charge in [0.2, 0.25) is 59.5 Å². The van der Waals surface area contributed by atoms with Crippen molar-refractivity contribution >= 4 is 70.9 Å². The molecule has 0 fully saturated rings. The van der Waals surface area contributed by atoms with E-state index in [1.165, 1.54) is 0 Å². The quantitative estimate of drug-likeness (QED) is 0.0170. The van der Waals surface area contributed by atoms with Gasteiger partial charge in [0.1, 0.15) is 46.0 Å². The maximum atomic E-state index is 7.03. The van der Waals surface area contributed by atoms with E-state index in [4.69, 9.17) is 101 Å². The van der Waals surface area contributed by atoms with Crippen molar-refractivity contribution in [1.29, 1.82) is 0 Å². The van der Waals surface area contributed by atoms with Crippen molar-refractivity contribution in [2.75, 3.05) is 108 Å². The van der Waals surface area contributed by atoms with Crippen LogP contribution >= 0.6 is 0 Å². The van der Waals surface area contributed by atoms with Gasteiger partial charge < -0.3 is 92.7 Å². The highest BCUT2D eigenvalue weighted by atomic mass is 16.5. The first-order chi connectivity index (χ1) is 71.3. The van der Waals surface area contributed by atoms with Crippen molar-refractivity contribution in [3.8, 4) is 68.8 Å². The van der Waals surface area contributed by atoms with Crippen LogP contribution in [0.25, 0.3) is 22.8 Å². The zero-order valence-electron chi connectivity index (χ0n) is 85.1. The number of nitrogens with one attached hydrogen (secondary N) is 6. The van der Waals surface area contributed by atoms with E-state index < -0.39 is 0 Å². The Bertz CT molecular complexity index is 6420. The van der Waals surface area contributed by atoms with E-state index in [1.807, 2.05) is 54.6 Å². The summed E-state index contributed by atoms with van der Waals surface area (Å²) >= 11 is 0. The second kappa shape index (κ2) is 48.8. The standard InChI is InChI=1S/C116H132N22O8/c1-11-44-139-97-77-36-26-40-81(97)57-89-65-95(125-115-135-109(119)133-113(137-115)123-71(9)75-32-21-19-22-33-75)66-90(103(89)145-50-17-7)58-82-41-27-37-78(98(82)140-45-12-2)54-86-62-93(61-85(53-77)101(86)143-48-15-5)105-127-107(117)131-111(129-105)121-69-73-30-25-31-74(52-73)70-122-112-130-106(128-108(118)132-112)94-63-87-55-79-38-28-42-83(99(79)141-46-13-3)59-91-67-96(126-116-136-110(120)134-114(138-116)124-72(10)76-34-23-20-24-35-76)68-92(104(91)146-51-18-8)60-84-43-29-39-80(100(84)142-47-14-4)56-88(64-94)102(87)144-49-16-6/h19-43,52,61-68,71-72H,11-18,44-51,53-60,69-70H2,1-10H3,(H3,117,121,127,129,131)(H3,118,122,128,130,132)(H4,119,123,125,133,135,137)(H4,120,124,126,134,136,138). The Morgan fingerprint density at radius 2 is 0.473 bits per heavy atom. The molecule has 0 saturated carbocycles. The molecule has 0 saturated heterocycles. The third-order valence-electron chi connectivity index (χ3n) is 25.2. The monoisotopic (exact) mass is 1960 g/mol. The second-order valence-corrected chi connectivity index (χ2v) is 37.0. The van der Waals surface area contributed by atoms with Crippen molar-refractivity contribution in [3.05, 3.63) is 318 Å². The lowest BCUT2D eigenvalue weighted by molar-refractivity contribution is 0.304. The number of nitrogen functional groups attached to an aromatic ring is 4. The third kappa shape index (κ3) is 25.5. The Morgan fingerprint density at radius 1 is 0.240 bits per heavy atom. The smallest absolute Gasteiger partial charge is 0.233 e. The highest BCUT2D eigenvalue weighted by Crippen LogP contribution is 2.47. The van der Waals surface area contributed by atoms with Gasteiger partial charge in [-0.1, -0.05) is 213 Å². The van der Waals surface area contributed by atoms with Crippen molar-refractivity contribution < 1.29 is 37.9 Å². The van der Waals surface area contributed by atoms with Crippen molar-refractivity contribution in [2.24, 2.45) is 0 Å². The number of benzene rings is 11. The number of hydrogen-bond acceptors (Lipinski definition) is 30. The molecular formula is C116H132N22O8. The van der Waals surface area contributed by atoms with Gasteiger partial charge in [0, 0.05) is 109 Å². The van der Waals surface area contributed by atoms with Gasteiger partial charge in [-0.2, -0.15) is 59.8 Å². The summed E-state index contributed by atoms with van der Waals surface area (Å²) < 4.78 is 55.9. The van der Waals surface area contributed by atoms with Crippen LogP contribution in [0.5, 0.6) is 46.0 Å². The highest BCUT2D eigenvalue weighted by Gasteiger charge is 2.30. The van der Waals surface area contributed by atoms with Gasteiger partial charge in [0.25, 0.3) is 0 Å². The van der Waals surface area contributed by atoms with Crippen LogP contribution in [0.2, 0.25) is 0 Å². The Balaban J connectivity index is 0.670. The SMILES string of the molecule is CCCOc1c2cccc1Cc1cc(-c3nc(N)nc(NCc4cccc(CNc5nc(N)nc(-c6cc7c(OCCC)c(c6)Cc6cccc(c6OCCC)Cc6cc(Nc8nc(N)nc(NC(C)c9ccccc9)n8)cc(c6OCCC)Cc6cccc(c6OCCC)C7)n5)c4)n3)cc(c1OCCC)Cc1cccc(c1OCCC)Cc1cc(Nc3nc(N)nc(NC(C)c4ccccc4)n3)cc(c1OCCC)C2. The minimum absolute atomic E-state index is 0.0423. The van der Waals surface area contributed by atoms with Crippen LogP contribution in [-0.4, -0.2) is 113 Å². The number of hydrogen-bond donors (Lipinski definition) is 10. The molecule has 2 unspecified atom stereocenters. The summed E-state index contributed by atoms with van der Waals surface area (Å²) in [6.45, 7) is 25.6. The molecule has 2 aliphatic carbocycles. The fourth-order valence-electron chi connectivity index (χ4n) is 18.6. The summed E-state index contributed by atoms with van der Waals surface area (Å²) in [5, 5.41) is 21.0. The molecule has 0 amide bonds. The molecule has 16 bridgehead atoms. The van der Waals surface area contributed by atoms with Gasteiger partial charge in [-0.05, 0) is 203 Å². The molecule has 146 heavy (non-hydrogen) atoms. The maximum absolute atomic E-state index is 7.03. The Labute approximate surface area is 854 Å². The molecule has 14 N–H and O–H groups in total. The molecule has 2 aliphatic rings. The minimum Gasteiger partial charge on any atom is -0.493 e. The van der Waals surface area contributed by atoms with E-state index in [-0.39, 0.29) is 59.7 Å². The number of nitrogens with two attached hydrogens (primary N) is 4. The first-order valence-corrected chi connectivity index (χ1v) is 51.2. The Kier molecular flexibility index (Phi) is 33.8. The van der Waals surface area contributed by atoms with Gasteiger partial charge in [-0.3, -0.25) is 0 Å². The molecule has 15 aromatic rings. The fraction of sp³-hybridized carbons (Fsp3) is 0.328. The summed E-state index contributed by atoms with van der Waals surface area (Å²) in [7, 11) is 0. The molecule has 2 atom stereocenters. The number of rotatable bonds is 42. The van der Waals surface area contributed by atoms with Crippen molar-refractivity contribution in [1.82, 2.24) is 59.8 Å². The van der Waals surface area contributed by atoms with Crippen LogP contribution < -0.4 is 92.7 Å². The van der Waals surface area contributed by atoms with E-state index in [2.05, 4.69) is 273 Å². The Hall–Kier alpha value is -16.1. The van der Waals surface area contributed by atoms with E-state index in [0.717, 1.165) is 231 Å². The third-order valence-corrected chi connectivity index (χ3v) is 25.2. The largest absolute Gasteiger partial charge is 0.493 e. The molecule has 30 nitrogen and oxygen atoms in total.